The van der Waals surface area contributed by atoms with E-state index in [9.17, 15) is 14.7 Å². The number of aliphatic hydroxyl groups is 1. The Hall–Kier alpha value is -1.67. The topological polar surface area (TPSA) is 98.9 Å². The summed E-state index contributed by atoms with van der Waals surface area (Å²) >= 11 is 6.30. The number of aliphatic hydroxyl groups excluding tert-OH is 1. The number of para-hydroxylation sites is 1. The van der Waals surface area contributed by atoms with Crippen LogP contribution in [0.4, 0.5) is 5.69 Å². The predicted molar refractivity (Wildman–Crippen MR) is 125 cm³/mol. The van der Waals surface area contributed by atoms with Crippen molar-refractivity contribution in [3.63, 3.8) is 0 Å². The Kier molecular flexibility index (Phi) is 8.89. The summed E-state index contributed by atoms with van der Waals surface area (Å²) in [4.78, 5) is 28.8. The molecule has 3 atom stereocenters. The molecule has 31 heavy (non-hydrogen) atoms. The molecule has 0 saturated carbocycles. The van der Waals surface area contributed by atoms with E-state index < -0.39 is 12.1 Å². The minimum Gasteiger partial charge on any atom is -0.391 e. The molecule has 0 aliphatic carbocycles. The third-order valence-electron chi connectivity index (χ3n) is 5.82. The number of carbonyl (C=O) groups excluding carboxylic acids is 2. The molecule has 0 radical (unpaired) electrons. The Morgan fingerprint density at radius 2 is 1.94 bits per heavy atom. The first-order chi connectivity index (χ1) is 14.4. The lowest BCUT2D eigenvalue weighted by atomic mass is 9.94. The molecule has 8 heteroatoms. The van der Waals surface area contributed by atoms with Gasteiger partial charge < -0.3 is 21.1 Å². The Bertz CT molecular complexity index is 771. The summed E-state index contributed by atoms with van der Waals surface area (Å²) in [6.45, 7) is 11.6. The number of nitrogens with two attached hydrogens (primary N) is 1. The lowest BCUT2D eigenvalue weighted by molar-refractivity contribution is -0.125. The van der Waals surface area contributed by atoms with Gasteiger partial charge in [-0.15, -0.1) is 0 Å². The van der Waals surface area contributed by atoms with Crippen LogP contribution in [0, 0.1) is 11.8 Å². The van der Waals surface area contributed by atoms with Gasteiger partial charge in [-0.05, 0) is 38.3 Å². The van der Waals surface area contributed by atoms with Crippen molar-refractivity contribution in [2.45, 2.75) is 58.7 Å². The van der Waals surface area contributed by atoms with Crippen molar-refractivity contribution in [1.29, 1.82) is 0 Å². The highest BCUT2D eigenvalue weighted by atomic mass is 35.5. The molecule has 1 heterocycles. The first-order valence-electron chi connectivity index (χ1n) is 10.9. The van der Waals surface area contributed by atoms with Crippen LogP contribution in [0.2, 0.25) is 5.02 Å². The molecule has 7 nitrogen and oxygen atoms in total. The quantitative estimate of drug-likeness (QED) is 0.533. The molecule has 1 aromatic carbocycles. The van der Waals surface area contributed by atoms with Crippen molar-refractivity contribution in [2.24, 2.45) is 17.6 Å². The highest BCUT2D eigenvalue weighted by Gasteiger charge is 2.40. The fraction of sp³-hybridized carbons (Fsp3) is 0.652. The van der Waals surface area contributed by atoms with Gasteiger partial charge >= 0.3 is 0 Å². The van der Waals surface area contributed by atoms with E-state index in [-0.39, 0.29) is 36.2 Å². The molecule has 1 saturated heterocycles. The highest BCUT2D eigenvalue weighted by Crippen LogP contribution is 2.31. The van der Waals surface area contributed by atoms with Crippen LogP contribution in [0.25, 0.3) is 0 Å². The highest BCUT2D eigenvalue weighted by molar-refractivity contribution is 6.33. The molecule has 0 spiro atoms. The third kappa shape index (κ3) is 6.91. The monoisotopic (exact) mass is 452 g/mol. The van der Waals surface area contributed by atoms with E-state index in [2.05, 4.69) is 5.32 Å². The first kappa shape index (κ1) is 25.6. The van der Waals surface area contributed by atoms with Gasteiger partial charge in [0.05, 0.1) is 23.4 Å². The van der Waals surface area contributed by atoms with Crippen molar-refractivity contribution < 1.29 is 14.7 Å². The smallest absolute Gasteiger partial charge is 0.241 e. The number of nitrogens with zero attached hydrogens (tertiary/aromatic N) is 2. The van der Waals surface area contributed by atoms with Crippen molar-refractivity contribution in [3.05, 3.63) is 29.3 Å². The average molecular weight is 453 g/mol. The van der Waals surface area contributed by atoms with Crippen LogP contribution in [0.5, 0.6) is 0 Å². The van der Waals surface area contributed by atoms with Gasteiger partial charge in [0.25, 0.3) is 0 Å². The summed E-state index contributed by atoms with van der Waals surface area (Å²) in [6, 6.07) is 6.74. The van der Waals surface area contributed by atoms with E-state index in [1.165, 1.54) is 0 Å². The van der Waals surface area contributed by atoms with E-state index in [0.29, 0.717) is 36.3 Å². The van der Waals surface area contributed by atoms with Gasteiger partial charge in [0.2, 0.25) is 11.8 Å². The molecule has 2 rings (SSSR count). The third-order valence-corrected chi connectivity index (χ3v) is 6.14. The lowest BCUT2D eigenvalue weighted by Gasteiger charge is -2.47. The van der Waals surface area contributed by atoms with Crippen LogP contribution in [-0.4, -0.2) is 65.7 Å². The standard InChI is InChI=1S/C23H37ClN4O3/c1-15(2)11-26-22(31)16(3)10-20(29)18(25)12-27-13-21(30)28(14-23(27,4)5)19-9-7-6-8-17(19)24/h6-9,15-16,18,20,29H,10-14,25H2,1-5H3,(H,26,31)/t16-,18+,20+/m1/s1. The zero-order valence-corrected chi connectivity index (χ0v) is 20.0. The fourth-order valence-corrected chi connectivity index (χ4v) is 3.98. The van der Waals surface area contributed by atoms with E-state index in [1.807, 2.05) is 50.8 Å². The Morgan fingerprint density at radius 3 is 2.55 bits per heavy atom. The predicted octanol–water partition coefficient (Wildman–Crippen LogP) is 2.25. The number of benzene rings is 1. The number of hydrogen-bond acceptors (Lipinski definition) is 5. The van der Waals surface area contributed by atoms with Crippen molar-refractivity contribution in [3.8, 4) is 0 Å². The minimum absolute atomic E-state index is 0.0597. The average Bonchev–Trinajstić information content (AvgIpc) is 2.69. The van der Waals surface area contributed by atoms with Gasteiger partial charge in [-0.25, -0.2) is 0 Å². The van der Waals surface area contributed by atoms with Crippen LogP contribution >= 0.6 is 11.6 Å². The van der Waals surface area contributed by atoms with Gasteiger partial charge in [0, 0.05) is 37.1 Å². The van der Waals surface area contributed by atoms with E-state index in [0.717, 1.165) is 0 Å². The van der Waals surface area contributed by atoms with Crippen LogP contribution in [0.1, 0.15) is 41.0 Å². The maximum Gasteiger partial charge on any atom is 0.241 e. The van der Waals surface area contributed by atoms with E-state index in [1.54, 1.807) is 17.9 Å². The number of piperazine rings is 1. The van der Waals surface area contributed by atoms with Crippen LogP contribution < -0.4 is 16.0 Å². The number of hydrogen-bond donors (Lipinski definition) is 3. The number of nitrogens with one attached hydrogen (secondary N) is 1. The number of carbonyl (C=O) groups is 2. The molecule has 4 N–H and O–H groups in total. The SMILES string of the molecule is CC(C)CNC(=O)[C@H](C)C[C@H](O)[C@@H](N)CN1CC(=O)N(c2ccccc2Cl)CC1(C)C. The van der Waals surface area contributed by atoms with Gasteiger partial charge in [0.1, 0.15) is 0 Å². The molecule has 1 fully saturated rings. The van der Waals surface area contributed by atoms with Gasteiger partial charge in [0.15, 0.2) is 0 Å². The van der Waals surface area contributed by atoms with Crippen LogP contribution in [-0.2, 0) is 9.59 Å². The second-order valence-electron chi connectivity index (χ2n) is 9.63. The van der Waals surface area contributed by atoms with Gasteiger partial charge in [-0.1, -0.05) is 44.5 Å². The van der Waals surface area contributed by atoms with Gasteiger partial charge in [-0.3, -0.25) is 14.5 Å². The molecule has 1 aliphatic heterocycles. The maximum atomic E-state index is 12.9. The summed E-state index contributed by atoms with van der Waals surface area (Å²) < 4.78 is 0. The fourth-order valence-electron chi connectivity index (χ4n) is 3.74. The first-order valence-corrected chi connectivity index (χ1v) is 11.3. The van der Waals surface area contributed by atoms with Crippen molar-refractivity contribution in [2.75, 3.05) is 31.1 Å². The minimum atomic E-state index is -0.840. The van der Waals surface area contributed by atoms with E-state index >= 15 is 0 Å². The molecule has 1 aromatic rings. The molecular weight excluding hydrogens is 416 g/mol. The molecule has 174 valence electrons. The summed E-state index contributed by atoms with van der Waals surface area (Å²) in [5.74, 6) is -0.113. The largest absolute Gasteiger partial charge is 0.391 e. The van der Waals surface area contributed by atoms with E-state index in [4.69, 9.17) is 17.3 Å². The van der Waals surface area contributed by atoms with Gasteiger partial charge in [-0.2, -0.15) is 0 Å². The molecule has 0 aromatic heterocycles. The molecule has 0 unspecified atom stereocenters. The number of rotatable bonds is 9. The second kappa shape index (κ2) is 10.8. The Labute approximate surface area is 190 Å². The Balaban J connectivity index is 1.97. The van der Waals surface area contributed by atoms with Crippen molar-refractivity contribution in [1.82, 2.24) is 10.2 Å². The number of anilines is 1. The molecule has 0 bridgehead atoms. The zero-order chi connectivity index (χ0) is 23.3. The molecular formula is C23H37ClN4O3. The van der Waals surface area contributed by atoms with Crippen molar-refractivity contribution >= 4 is 29.1 Å². The summed E-state index contributed by atoms with van der Waals surface area (Å²) in [7, 11) is 0. The summed E-state index contributed by atoms with van der Waals surface area (Å²) in [6.07, 6.45) is -0.564. The number of halogens is 1. The second-order valence-corrected chi connectivity index (χ2v) is 10.0. The van der Waals surface area contributed by atoms with Crippen LogP contribution in [0.3, 0.4) is 0 Å². The lowest BCUT2D eigenvalue weighted by Crippen LogP contribution is -2.64. The molecule has 2 amide bonds. The normalized spacial score (nSPS) is 19.9. The van der Waals surface area contributed by atoms with Crippen LogP contribution in [0.15, 0.2) is 24.3 Å². The maximum absolute atomic E-state index is 12.9. The number of amides is 2. The summed E-state index contributed by atoms with van der Waals surface area (Å²) in [5.41, 5.74) is 6.63. The zero-order valence-electron chi connectivity index (χ0n) is 19.3. The molecule has 1 aliphatic rings. The Morgan fingerprint density at radius 1 is 1.29 bits per heavy atom. The summed E-state index contributed by atoms with van der Waals surface area (Å²) in [5, 5.41) is 14.0.